The van der Waals surface area contributed by atoms with Crippen LogP contribution in [0.5, 0.6) is 0 Å². The van der Waals surface area contributed by atoms with Crippen molar-refractivity contribution in [2.24, 2.45) is 11.8 Å². The van der Waals surface area contributed by atoms with Crippen LogP contribution in [-0.4, -0.2) is 25.8 Å². The van der Waals surface area contributed by atoms with Crippen molar-refractivity contribution in [3.05, 3.63) is 0 Å². The van der Waals surface area contributed by atoms with Crippen LogP contribution in [0.1, 0.15) is 33.6 Å². The van der Waals surface area contributed by atoms with Gasteiger partial charge in [-0.15, -0.1) is 0 Å². The number of rotatable bonds is 7. The quantitative estimate of drug-likeness (QED) is 0.655. The Bertz CT molecular complexity index is 132. The van der Waals surface area contributed by atoms with E-state index in [-0.39, 0.29) is 0 Å². The molecule has 1 atom stereocenters. The van der Waals surface area contributed by atoms with E-state index in [1.807, 2.05) is 0 Å². The van der Waals surface area contributed by atoms with Gasteiger partial charge in [0, 0.05) is 12.6 Å². The predicted molar refractivity (Wildman–Crippen MR) is 55.8 cm³/mol. The molecule has 1 aliphatic carbocycles. The lowest BCUT2D eigenvalue weighted by Gasteiger charge is -2.21. The summed E-state index contributed by atoms with van der Waals surface area (Å²) in [5.41, 5.74) is 0. The molecule has 1 unspecified atom stereocenters. The molecule has 0 aromatic heterocycles. The fourth-order valence-corrected chi connectivity index (χ4v) is 1.40. The first-order valence-corrected chi connectivity index (χ1v) is 5.55. The van der Waals surface area contributed by atoms with Crippen molar-refractivity contribution >= 4 is 0 Å². The summed E-state index contributed by atoms with van der Waals surface area (Å²) in [6, 6.07) is 0.531. The number of likely N-dealkylation sites (N-methyl/N-ethyl adjacent to an activating group) is 1. The summed E-state index contributed by atoms with van der Waals surface area (Å²) in [6.07, 6.45) is 2.76. The van der Waals surface area contributed by atoms with Gasteiger partial charge >= 0.3 is 0 Å². The van der Waals surface area contributed by atoms with Crippen molar-refractivity contribution in [2.75, 3.05) is 19.8 Å². The molecule has 0 spiro atoms. The largest absolute Gasteiger partial charge is 0.380 e. The van der Waals surface area contributed by atoms with E-state index in [0.717, 1.165) is 25.7 Å². The summed E-state index contributed by atoms with van der Waals surface area (Å²) in [7, 11) is 0. The van der Waals surface area contributed by atoms with E-state index in [2.05, 4.69) is 26.1 Å². The number of hydrogen-bond donors (Lipinski definition) is 1. The van der Waals surface area contributed by atoms with Gasteiger partial charge in [-0.25, -0.2) is 0 Å². The highest BCUT2D eigenvalue weighted by Gasteiger charge is 2.22. The second-order valence-electron chi connectivity index (χ2n) is 4.39. The highest BCUT2D eigenvalue weighted by Crippen LogP contribution is 2.28. The third kappa shape index (κ3) is 4.63. The predicted octanol–water partition coefficient (Wildman–Crippen LogP) is 2.05. The maximum absolute atomic E-state index is 5.67. The Labute approximate surface area is 82.0 Å². The minimum atomic E-state index is 0.531. The summed E-state index contributed by atoms with van der Waals surface area (Å²) in [5, 5.41) is 3.45. The number of ether oxygens (including phenoxy) is 1. The molecular weight excluding hydrogens is 162 g/mol. The average molecular weight is 185 g/mol. The lowest BCUT2D eigenvalue weighted by Crippen LogP contribution is -2.37. The minimum Gasteiger partial charge on any atom is -0.380 e. The third-order valence-electron chi connectivity index (χ3n) is 2.62. The van der Waals surface area contributed by atoms with Gasteiger partial charge in [-0.1, -0.05) is 20.8 Å². The van der Waals surface area contributed by atoms with Gasteiger partial charge in [0.2, 0.25) is 0 Å². The molecule has 0 bridgehead atoms. The zero-order valence-corrected chi connectivity index (χ0v) is 9.18. The zero-order chi connectivity index (χ0) is 9.68. The van der Waals surface area contributed by atoms with Gasteiger partial charge in [0.1, 0.15) is 0 Å². The number of nitrogens with one attached hydrogen (secondary N) is 1. The second-order valence-corrected chi connectivity index (χ2v) is 4.39. The molecule has 2 heteroatoms. The molecule has 1 fully saturated rings. The Hall–Kier alpha value is -0.0800. The van der Waals surface area contributed by atoms with Crippen LogP contribution in [0.25, 0.3) is 0 Å². The van der Waals surface area contributed by atoms with Crippen LogP contribution in [-0.2, 0) is 4.74 Å². The molecule has 0 radical (unpaired) electrons. The first kappa shape index (κ1) is 11.0. The summed E-state index contributed by atoms with van der Waals surface area (Å²) in [6.45, 7) is 9.53. The summed E-state index contributed by atoms with van der Waals surface area (Å²) >= 11 is 0. The molecule has 2 nitrogen and oxygen atoms in total. The van der Waals surface area contributed by atoms with Gasteiger partial charge in [-0.05, 0) is 31.2 Å². The molecular formula is C11H23NO. The SMILES string of the molecule is CCNC(COCC1CC1)C(C)C. The van der Waals surface area contributed by atoms with E-state index in [9.17, 15) is 0 Å². The van der Waals surface area contributed by atoms with Crippen molar-refractivity contribution < 1.29 is 4.74 Å². The number of hydrogen-bond acceptors (Lipinski definition) is 2. The summed E-state index contributed by atoms with van der Waals surface area (Å²) in [5.74, 6) is 1.55. The minimum absolute atomic E-state index is 0.531. The van der Waals surface area contributed by atoms with Crippen molar-refractivity contribution in [3.8, 4) is 0 Å². The molecule has 0 amide bonds. The molecule has 0 aromatic carbocycles. The molecule has 1 aliphatic rings. The van der Waals surface area contributed by atoms with E-state index in [4.69, 9.17) is 4.74 Å². The van der Waals surface area contributed by atoms with Gasteiger partial charge in [-0.3, -0.25) is 0 Å². The summed E-state index contributed by atoms with van der Waals surface area (Å²) in [4.78, 5) is 0. The molecule has 1 rings (SSSR count). The van der Waals surface area contributed by atoms with Crippen molar-refractivity contribution in [1.29, 1.82) is 0 Å². The van der Waals surface area contributed by atoms with E-state index in [1.165, 1.54) is 12.8 Å². The van der Waals surface area contributed by atoms with Gasteiger partial charge in [0.15, 0.2) is 0 Å². The van der Waals surface area contributed by atoms with Crippen LogP contribution >= 0.6 is 0 Å². The lowest BCUT2D eigenvalue weighted by atomic mass is 10.1. The highest BCUT2D eigenvalue weighted by atomic mass is 16.5. The Morgan fingerprint density at radius 3 is 2.54 bits per heavy atom. The van der Waals surface area contributed by atoms with Gasteiger partial charge in [-0.2, -0.15) is 0 Å². The standard InChI is InChI=1S/C11H23NO/c1-4-12-11(9(2)3)8-13-7-10-5-6-10/h9-12H,4-8H2,1-3H3. The van der Waals surface area contributed by atoms with Gasteiger partial charge in [0.25, 0.3) is 0 Å². The van der Waals surface area contributed by atoms with Crippen LogP contribution < -0.4 is 5.32 Å². The molecule has 0 heterocycles. The highest BCUT2D eigenvalue weighted by molar-refractivity contribution is 4.74. The molecule has 0 aromatic rings. The van der Waals surface area contributed by atoms with Crippen LogP contribution in [0, 0.1) is 11.8 Å². The molecule has 13 heavy (non-hydrogen) atoms. The van der Waals surface area contributed by atoms with Crippen molar-refractivity contribution in [1.82, 2.24) is 5.32 Å². The second kappa shape index (κ2) is 5.61. The molecule has 0 saturated heterocycles. The van der Waals surface area contributed by atoms with E-state index in [1.54, 1.807) is 0 Å². The Morgan fingerprint density at radius 2 is 2.08 bits per heavy atom. The van der Waals surface area contributed by atoms with E-state index < -0.39 is 0 Å². The molecule has 78 valence electrons. The lowest BCUT2D eigenvalue weighted by molar-refractivity contribution is 0.0908. The Kier molecular flexibility index (Phi) is 4.74. The maximum atomic E-state index is 5.67. The normalized spacial score (nSPS) is 19.4. The fraction of sp³-hybridized carbons (Fsp3) is 1.00. The fourth-order valence-electron chi connectivity index (χ4n) is 1.40. The van der Waals surface area contributed by atoms with Crippen LogP contribution in [0.15, 0.2) is 0 Å². The maximum Gasteiger partial charge on any atom is 0.0622 e. The molecule has 1 N–H and O–H groups in total. The monoisotopic (exact) mass is 185 g/mol. The van der Waals surface area contributed by atoms with Gasteiger partial charge in [0.05, 0.1) is 6.61 Å². The van der Waals surface area contributed by atoms with Crippen molar-refractivity contribution in [3.63, 3.8) is 0 Å². The smallest absolute Gasteiger partial charge is 0.0622 e. The Morgan fingerprint density at radius 1 is 1.38 bits per heavy atom. The first-order valence-electron chi connectivity index (χ1n) is 5.55. The van der Waals surface area contributed by atoms with E-state index in [0.29, 0.717) is 12.0 Å². The van der Waals surface area contributed by atoms with Crippen molar-refractivity contribution in [2.45, 2.75) is 39.7 Å². The Balaban J connectivity index is 2.05. The summed E-state index contributed by atoms with van der Waals surface area (Å²) < 4.78 is 5.67. The first-order chi connectivity index (χ1) is 6.24. The topological polar surface area (TPSA) is 21.3 Å². The average Bonchev–Trinajstić information content (AvgIpc) is 2.86. The van der Waals surface area contributed by atoms with Crippen LogP contribution in [0.3, 0.4) is 0 Å². The van der Waals surface area contributed by atoms with E-state index >= 15 is 0 Å². The third-order valence-corrected chi connectivity index (χ3v) is 2.62. The molecule has 0 aliphatic heterocycles. The van der Waals surface area contributed by atoms with Crippen LogP contribution in [0.2, 0.25) is 0 Å². The molecule has 1 saturated carbocycles. The van der Waals surface area contributed by atoms with Gasteiger partial charge < -0.3 is 10.1 Å². The zero-order valence-electron chi connectivity index (χ0n) is 9.18. The van der Waals surface area contributed by atoms with Crippen LogP contribution in [0.4, 0.5) is 0 Å².